The van der Waals surface area contributed by atoms with E-state index in [1.54, 1.807) is 0 Å². The summed E-state index contributed by atoms with van der Waals surface area (Å²) in [7, 11) is 0. The molecule has 0 radical (unpaired) electrons. The van der Waals surface area contributed by atoms with Gasteiger partial charge in [-0.25, -0.2) is 0 Å². The number of hydrogen-bond acceptors (Lipinski definition) is 3. The van der Waals surface area contributed by atoms with E-state index in [0.717, 1.165) is 37.9 Å². The fourth-order valence-corrected chi connectivity index (χ4v) is 1.87. The molecule has 0 amide bonds. The number of piperidine rings is 1. The van der Waals surface area contributed by atoms with Gasteiger partial charge in [0.25, 0.3) is 0 Å². The van der Waals surface area contributed by atoms with Gasteiger partial charge in [0, 0.05) is 25.1 Å². The summed E-state index contributed by atoms with van der Waals surface area (Å²) in [6, 6.07) is 9.42. The Morgan fingerprint density at radius 3 is 2.22 bits per heavy atom. The molecule has 1 aliphatic heterocycles. The fraction of sp³-hybridized carbons (Fsp3) is 0.533. The molecule has 3 heteroatoms. The molecule has 100 valence electrons. The molecule has 0 spiro atoms. The third-order valence-corrected chi connectivity index (χ3v) is 2.91. The average Bonchev–Trinajstić information content (AvgIpc) is 2.42. The van der Waals surface area contributed by atoms with Crippen molar-refractivity contribution in [1.82, 2.24) is 5.06 Å². The van der Waals surface area contributed by atoms with Crippen molar-refractivity contribution in [3.8, 4) is 0 Å². The first-order valence-electron chi connectivity index (χ1n) is 6.76. The molecular weight excluding hydrogens is 226 g/mol. The smallest absolute Gasteiger partial charge is 0.162 e. The SMILES string of the molecule is CCCC(=O)c1ccccc1.ON1CCCCC1. The Morgan fingerprint density at radius 2 is 1.78 bits per heavy atom. The Morgan fingerprint density at radius 1 is 1.17 bits per heavy atom. The molecule has 1 aliphatic rings. The molecule has 1 aromatic rings. The van der Waals surface area contributed by atoms with E-state index < -0.39 is 0 Å². The molecule has 1 N–H and O–H groups in total. The summed E-state index contributed by atoms with van der Waals surface area (Å²) in [5.74, 6) is 0.244. The van der Waals surface area contributed by atoms with Crippen LogP contribution in [0.25, 0.3) is 0 Å². The van der Waals surface area contributed by atoms with E-state index in [9.17, 15) is 4.79 Å². The normalized spacial score (nSPS) is 15.7. The number of hydrogen-bond donors (Lipinski definition) is 1. The topological polar surface area (TPSA) is 40.5 Å². The minimum Gasteiger partial charge on any atom is -0.314 e. The van der Waals surface area contributed by atoms with Crippen molar-refractivity contribution < 1.29 is 10.0 Å². The molecule has 0 atom stereocenters. The van der Waals surface area contributed by atoms with Crippen LogP contribution < -0.4 is 0 Å². The lowest BCUT2D eigenvalue weighted by Gasteiger charge is -2.18. The summed E-state index contributed by atoms with van der Waals surface area (Å²) in [5, 5.41) is 10.1. The van der Waals surface area contributed by atoms with Gasteiger partial charge in [-0.05, 0) is 19.3 Å². The molecule has 2 rings (SSSR count). The molecule has 0 saturated carbocycles. The molecule has 0 bridgehead atoms. The van der Waals surface area contributed by atoms with Crippen LogP contribution >= 0.6 is 0 Å². The fourth-order valence-electron chi connectivity index (χ4n) is 1.87. The number of hydroxylamine groups is 2. The van der Waals surface area contributed by atoms with Crippen molar-refractivity contribution in [3.05, 3.63) is 35.9 Å². The number of rotatable bonds is 3. The second kappa shape index (κ2) is 8.84. The van der Waals surface area contributed by atoms with Gasteiger partial charge < -0.3 is 5.21 Å². The van der Waals surface area contributed by atoms with Crippen molar-refractivity contribution in [2.75, 3.05) is 13.1 Å². The van der Waals surface area contributed by atoms with Crippen LogP contribution in [-0.4, -0.2) is 29.1 Å². The molecule has 0 unspecified atom stereocenters. The van der Waals surface area contributed by atoms with E-state index in [1.807, 2.05) is 37.3 Å². The van der Waals surface area contributed by atoms with Gasteiger partial charge in [-0.1, -0.05) is 43.7 Å². The molecule has 1 fully saturated rings. The number of Topliss-reactive ketones (excluding diaryl/α,β-unsaturated/α-hetero) is 1. The van der Waals surface area contributed by atoms with E-state index >= 15 is 0 Å². The van der Waals surface area contributed by atoms with Crippen molar-refractivity contribution in [2.24, 2.45) is 0 Å². The molecule has 0 aromatic heterocycles. The van der Waals surface area contributed by atoms with Crippen molar-refractivity contribution in [3.63, 3.8) is 0 Å². The molecule has 0 aliphatic carbocycles. The van der Waals surface area contributed by atoms with Crippen LogP contribution in [0.5, 0.6) is 0 Å². The Balaban J connectivity index is 0.000000199. The highest BCUT2D eigenvalue weighted by Gasteiger charge is 2.04. The van der Waals surface area contributed by atoms with Gasteiger partial charge in [-0.2, -0.15) is 5.06 Å². The maximum Gasteiger partial charge on any atom is 0.162 e. The minimum atomic E-state index is 0.244. The van der Waals surface area contributed by atoms with Gasteiger partial charge >= 0.3 is 0 Å². The lowest BCUT2D eigenvalue weighted by Crippen LogP contribution is -2.25. The lowest BCUT2D eigenvalue weighted by molar-refractivity contribution is -0.103. The number of carbonyl (C=O) groups is 1. The quantitative estimate of drug-likeness (QED) is 0.833. The van der Waals surface area contributed by atoms with Crippen LogP contribution in [0, 0.1) is 0 Å². The summed E-state index contributed by atoms with van der Waals surface area (Å²) >= 11 is 0. The second-order valence-corrected chi connectivity index (χ2v) is 4.55. The predicted octanol–water partition coefficient (Wildman–Crippen LogP) is 3.53. The van der Waals surface area contributed by atoms with Gasteiger partial charge in [0.2, 0.25) is 0 Å². The number of ketones is 1. The van der Waals surface area contributed by atoms with E-state index in [2.05, 4.69) is 0 Å². The van der Waals surface area contributed by atoms with Crippen LogP contribution in [0.3, 0.4) is 0 Å². The number of nitrogens with zero attached hydrogens (tertiary/aromatic N) is 1. The summed E-state index contributed by atoms with van der Waals surface area (Å²) in [4.78, 5) is 11.2. The van der Waals surface area contributed by atoms with Gasteiger partial charge in [-0.3, -0.25) is 4.79 Å². The minimum absolute atomic E-state index is 0.244. The van der Waals surface area contributed by atoms with Crippen molar-refractivity contribution >= 4 is 5.78 Å². The molecule has 1 heterocycles. The summed E-state index contributed by atoms with van der Waals surface area (Å²) in [5.41, 5.74) is 0.828. The van der Waals surface area contributed by atoms with Crippen LogP contribution in [0.4, 0.5) is 0 Å². The lowest BCUT2D eigenvalue weighted by atomic mass is 10.1. The molecule has 1 aromatic carbocycles. The highest BCUT2D eigenvalue weighted by atomic mass is 16.5. The van der Waals surface area contributed by atoms with Crippen molar-refractivity contribution in [1.29, 1.82) is 0 Å². The molecular formula is C15H23NO2. The first kappa shape index (κ1) is 14.9. The number of benzene rings is 1. The standard InChI is InChI=1S/C10H12O.C5H11NO/c1-2-6-10(11)9-7-4-3-5-8-9;7-6-4-2-1-3-5-6/h3-5,7-8H,2,6H2,1H3;7H,1-5H2. The zero-order valence-corrected chi connectivity index (χ0v) is 11.1. The highest BCUT2D eigenvalue weighted by molar-refractivity contribution is 5.95. The Kier molecular flexibility index (Phi) is 7.30. The van der Waals surface area contributed by atoms with Gasteiger partial charge in [0.05, 0.1) is 0 Å². The Labute approximate surface area is 109 Å². The number of carbonyl (C=O) groups excluding carboxylic acids is 1. The Bertz CT molecular complexity index is 332. The van der Waals surface area contributed by atoms with Crippen molar-refractivity contribution in [2.45, 2.75) is 39.0 Å². The van der Waals surface area contributed by atoms with Gasteiger partial charge in [0.15, 0.2) is 5.78 Å². The van der Waals surface area contributed by atoms with E-state index in [0.29, 0.717) is 6.42 Å². The maximum absolute atomic E-state index is 11.2. The third-order valence-electron chi connectivity index (χ3n) is 2.91. The van der Waals surface area contributed by atoms with Crippen LogP contribution in [0.1, 0.15) is 49.4 Å². The van der Waals surface area contributed by atoms with Crippen LogP contribution in [0.2, 0.25) is 0 Å². The van der Waals surface area contributed by atoms with E-state index in [-0.39, 0.29) is 5.78 Å². The van der Waals surface area contributed by atoms with Gasteiger partial charge in [0.1, 0.15) is 0 Å². The predicted molar refractivity (Wildman–Crippen MR) is 72.9 cm³/mol. The van der Waals surface area contributed by atoms with Gasteiger partial charge in [-0.15, -0.1) is 0 Å². The molecule has 1 saturated heterocycles. The zero-order chi connectivity index (χ0) is 13.2. The average molecular weight is 249 g/mol. The zero-order valence-electron chi connectivity index (χ0n) is 11.1. The Hall–Kier alpha value is -1.19. The second-order valence-electron chi connectivity index (χ2n) is 4.55. The third kappa shape index (κ3) is 5.94. The first-order valence-corrected chi connectivity index (χ1v) is 6.76. The largest absolute Gasteiger partial charge is 0.314 e. The highest BCUT2D eigenvalue weighted by Crippen LogP contribution is 2.04. The first-order chi connectivity index (χ1) is 8.74. The monoisotopic (exact) mass is 249 g/mol. The van der Waals surface area contributed by atoms with Crippen LogP contribution in [0.15, 0.2) is 30.3 Å². The molecule has 3 nitrogen and oxygen atoms in total. The summed E-state index contributed by atoms with van der Waals surface area (Å²) in [6.07, 6.45) is 5.20. The summed E-state index contributed by atoms with van der Waals surface area (Å²) in [6.45, 7) is 3.76. The maximum atomic E-state index is 11.2. The molecule has 18 heavy (non-hydrogen) atoms. The van der Waals surface area contributed by atoms with E-state index in [4.69, 9.17) is 5.21 Å². The van der Waals surface area contributed by atoms with Crippen LogP contribution in [-0.2, 0) is 0 Å². The van der Waals surface area contributed by atoms with E-state index in [1.165, 1.54) is 11.5 Å². The summed E-state index contributed by atoms with van der Waals surface area (Å²) < 4.78 is 0.